The molecule has 1 fully saturated rings. The van der Waals surface area contributed by atoms with Gasteiger partial charge in [-0.2, -0.15) is 0 Å². The first kappa shape index (κ1) is 18.9. The van der Waals surface area contributed by atoms with E-state index in [9.17, 15) is 14.7 Å². The SMILES string of the molecule is NCCCCC(NC(=O)C1CC(O)CN1)C(=O)c1nc2ccccc2s1. The Labute approximate surface area is 156 Å². The second-order valence-corrected chi connectivity index (χ2v) is 7.58. The minimum absolute atomic E-state index is 0.171. The zero-order chi connectivity index (χ0) is 18.5. The van der Waals surface area contributed by atoms with Gasteiger partial charge in [-0.05, 0) is 44.4 Å². The molecule has 1 saturated heterocycles. The van der Waals surface area contributed by atoms with Crippen LogP contribution in [0, 0.1) is 0 Å². The van der Waals surface area contributed by atoms with Crippen LogP contribution in [0.2, 0.25) is 0 Å². The number of fused-ring (bicyclic) bond motifs is 1. The molecule has 140 valence electrons. The molecule has 0 saturated carbocycles. The van der Waals surface area contributed by atoms with Crippen LogP contribution in [0.25, 0.3) is 10.2 Å². The molecule has 3 rings (SSSR count). The molecule has 2 heterocycles. The number of aliphatic hydroxyl groups excluding tert-OH is 1. The van der Waals surface area contributed by atoms with Crippen LogP contribution in [0.5, 0.6) is 0 Å². The lowest BCUT2D eigenvalue weighted by molar-refractivity contribution is -0.123. The smallest absolute Gasteiger partial charge is 0.237 e. The van der Waals surface area contributed by atoms with Gasteiger partial charge in [0, 0.05) is 6.54 Å². The molecule has 1 amide bonds. The Bertz CT molecular complexity index is 746. The summed E-state index contributed by atoms with van der Waals surface area (Å²) in [7, 11) is 0. The summed E-state index contributed by atoms with van der Waals surface area (Å²) in [5.41, 5.74) is 6.33. The summed E-state index contributed by atoms with van der Waals surface area (Å²) < 4.78 is 0.948. The Morgan fingerprint density at radius 3 is 2.88 bits per heavy atom. The van der Waals surface area contributed by atoms with E-state index in [1.807, 2.05) is 24.3 Å². The molecular weight excluding hydrogens is 352 g/mol. The van der Waals surface area contributed by atoms with E-state index in [1.165, 1.54) is 11.3 Å². The number of aliphatic hydroxyl groups is 1. The van der Waals surface area contributed by atoms with Gasteiger partial charge >= 0.3 is 0 Å². The lowest BCUT2D eigenvalue weighted by Gasteiger charge is -2.19. The van der Waals surface area contributed by atoms with Crippen LogP contribution in [0.1, 0.15) is 35.5 Å². The van der Waals surface area contributed by atoms with Crippen LogP contribution < -0.4 is 16.4 Å². The highest BCUT2D eigenvalue weighted by Gasteiger charge is 2.31. The maximum absolute atomic E-state index is 13.0. The molecule has 1 aromatic carbocycles. The number of unbranched alkanes of at least 4 members (excludes halogenated alkanes) is 1. The monoisotopic (exact) mass is 376 g/mol. The van der Waals surface area contributed by atoms with Crippen LogP contribution in [0.15, 0.2) is 24.3 Å². The van der Waals surface area contributed by atoms with Gasteiger partial charge in [-0.3, -0.25) is 9.59 Å². The van der Waals surface area contributed by atoms with Crippen molar-refractivity contribution in [2.45, 2.75) is 43.9 Å². The number of nitrogens with one attached hydrogen (secondary N) is 2. The average Bonchev–Trinajstić information content (AvgIpc) is 3.26. The van der Waals surface area contributed by atoms with Gasteiger partial charge in [-0.25, -0.2) is 4.98 Å². The number of hydrogen-bond acceptors (Lipinski definition) is 7. The minimum Gasteiger partial charge on any atom is -0.392 e. The molecule has 0 radical (unpaired) electrons. The van der Waals surface area contributed by atoms with Crippen molar-refractivity contribution in [1.82, 2.24) is 15.6 Å². The van der Waals surface area contributed by atoms with Crippen molar-refractivity contribution in [2.24, 2.45) is 5.73 Å². The van der Waals surface area contributed by atoms with Crippen molar-refractivity contribution < 1.29 is 14.7 Å². The zero-order valence-electron chi connectivity index (χ0n) is 14.5. The summed E-state index contributed by atoms with van der Waals surface area (Å²) >= 11 is 1.34. The number of aromatic nitrogens is 1. The number of β-amino-alcohol motifs (C(OH)–C–C–N with tert-alkyl or cyclic N) is 1. The standard InChI is InChI=1S/C18H24N4O3S/c19-8-4-3-6-13(21-17(25)14-9-11(23)10-20-14)16(24)18-22-12-5-1-2-7-15(12)26-18/h1-2,5,7,11,13-14,20,23H,3-4,6,8-10,19H2,(H,21,25). The molecule has 3 unspecified atom stereocenters. The Hall–Kier alpha value is -1.87. The third kappa shape index (κ3) is 4.45. The average molecular weight is 376 g/mol. The number of rotatable bonds is 8. The lowest BCUT2D eigenvalue weighted by atomic mass is 10.0. The van der Waals surface area contributed by atoms with E-state index >= 15 is 0 Å². The fourth-order valence-corrected chi connectivity index (χ4v) is 4.04. The molecule has 26 heavy (non-hydrogen) atoms. The van der Waals surface area contributed by atoms with Gasteiger partial charge in [0.15, 0.2) is 5.01 Å². The van der Waals surface area contributed by atoms with E-state index in [4.69, 9.17) is 5.73 Å². The third-order valence-electron chi connectivity index (χ3n) is 4.51. The normalized spacial score (nSPS) is 21.0. The highest BCUT2D eigenvalue weighted by atomic mass is 32.1. The van der Waals surface area contributed by atoms with Crippen molar-refractivity contribution in [3.05, 3.63) is 29.3 Å². The quantitative estimate of drug-likeness (QED) is 0.400. The first-order valence-corrected chi connectivity index (χ1v) is 9.72. The molecule has 0 aliphatic carbocycles. The van der Waals surface area contributed by atoms with Crippen LogP contribution in [0.3, 0.4) is 0 Å². The summed E-state index contributed by atoms with van der Waals surface area (Å²) in [4.78, 5) is 29.8. The fraction of sp³-hybridized carbons (Fsp3) is 0.500. The van der Waals surface area contributed by atoms with Gasteiger partial charge in [0.25, 0.3) is 0 Å². The number of carbonyl (C=O) groups excluding carboxylic acids is 2. The first-order chi connectivity index (χ1) is 12.6. The number of nitrogens with zero attached hydrogens (tertiary/aromatic N) is 1. The summed E-state index contributed by atoms with van der Waals surface area (Å²) in [6.45, 7) is 0.939. The number of ketones is 1. The van der Waals surface area contributed by atoms with Gasteiger partial charge < -0.3 is 21.5 Å². The Balaban J connectivity index is 1.73. The highest BCUT2D eigenvalue weighted by molar-refractivity contribution is 7.20. The fourth-order valence-electron chi connectivity index (χ4n) is 3.08. The van der Waals surface area contributed by atoms with E-state index in [2.05, 4.69) is 15.6 Å². The third-order valence-corrected chi connectivity index (χ3v) is 5.56. The molecule has 1 aliphatic rings. The predicted octanol–water partition coefficient (Wildman–Crippen LogP) is 0.816. The summed E-state index contributed by atoms with van der Waals surface area (Å²) in [5.74, 6) is -0.427. The van der Waals surface area contributed by atoms with E-state index < -0.39 is 18.2 Å². The van der Waals surface area contributed by atoms with Crippen LogP contribution >= 0.6 is 11.3 Å². The molecular formula is C18H24N4O3S. The molecule has 8 heteroatoms. The number of benzene rings is 1. The molecule has 7 nitrogen and oxygen atoms in total. The van der Waals surface area contributed by atoms with Gasteiger partial charge in [-0.15, -0.1) is 11.3 Å². The van der Waals surface area contributed by atoms with E-state index in [0.717, 1.165) is 23.1 Å². The van der Waals surface area contributed by atoms with Gasteiger partial charge in [-0.1, -0.05) is 12.1 Å². The van der Waals surface area contributed by atoms with Crippen molar-refractivity contribution in [3.8, 4) is 0 Å². The van der Waals surface area contributed by atoms with Gasteiger partial charge in [0.05, 0.1) is 28.4 Å². The summed E-state index contributed by atoms with van der Waals surface area (Å²) in [6, 6.07) is 6.49. The predicted molar refractivity (Wildman–Crippen MR) is 101 cm³/mol. The molecule has 0 spiro atoms. The number of thiazole rings is 1. The number of hydrogen-bond donors (Lipinski definition) is 4. The molecule has 1 aromatic heterocycles. The van der Waals surface area contributed by atoms with E-state index in [-0.39, 0.29) is 11.7 Å². The van der Waals surface area contributed by atoms with Crippen LogP contribution in [0.4, 0.5) is 0 Å². The number of carbonyl (C=O) groups is 2. The van der Waals surface area contributed by atoms with Crippen molar-refractivity contribution >= 4 is 33.2 Å². The zero-order valence-corrected chi connectivity index (χ0v) is 15.3. The van der Waals surface area contributed by atoms with Crippen molar-refractivity contribution in [3.63, 3.8) is 0 Å². The topological polar surface area (TPSA) is 117 Å². The molecule has 1 aliphatic heterocycles. The Morgan fingerprint density at radius 1 is 1.38 bits per heavy atom. The number of nitrogens with two attached hydrogens (primary N) is 1. The largest absolute Gasteiger partial charge is 0.392 e. The van der Waals surface area contributed by atoms with Gasteiger partial charge in [0.2, 0.25) is 11.7 Å². The molecule has 3 atom stereocenters. The van der Waals surface area contributed by atoms with Crippen LogP contribution in [-0.4, -0.2) is 53.1 Å². The summed E-state index contributed by atoms with van der Waals surface area (Å²) in [6.07, 6.45) is 1.89. The Morgan fingerprint density at radius 2 is 2.19 bits per heavy atom. The van der Waals surface area contributed by atoms with E-state index in [0.29, 0.717) is 30.9 Å². The lowest BCUT2D eigenvalue weighted by Crippen LogP contribution is -2.48. The van der Waals surface area contributed by atoms with Crippen LogP contribution in [-0.2, 0) is 4.79 Å². The minimum atomic E-state index is -0.630. The molecule has 0 bridgehead atoms. The van der Waals surface area contributed by atoms with Crippen molar-refractivity contribution in [2.75, 3.05) is 13.1 Å². The molecule has 2 aromatic rings. The number of amides is 1. The molecule has 5 N–H and O–H groups in total. The highest BCUT2D eigenvalue weighted by Crippen LogP contribution is 2.23. The maximum Gasteiger partial charge on any atom is 0.237 e. The maximum atomic E-state index is 13.0. The number of Topliss-reactive ketones (excluding diaryl/α,β-unsaturated/α-hetero) is 1. The Kier molecular flexibility index (Phi) is 6.31. The second-order valence-electron chi connectivity index (χ2n) is 6.55. The van der Waals surface area contributed by atoms with Crippen molar-refractivity contribution in [1.29, 1.82) is 0 Å². The second kappa shape index (κ2) is 8.68. The van der Waals surface area contributed by atoms with E-state index in [1.54, 1.807) is 0 Å². The number of para-hydroxylation sites is 1. The van der Waals surface area contributed by atoms with Gasteiger partial charge in [0.1, 0.15) is 0 Å². The summed E-state index contributed by atoms with van der Waals surface area (Å²) in [5, 5.41) is 15.8. The first-order valence-electron chi connectivity index (χ1n) is 8.90.